The van der Waals surface area contributed by atoms with Crippen molar-refractivity contribution in [2.24, 2.45) is 0 Å². The highest BCUT2D eigenvalue weighted by Crippen LogP contribution is 2.15. The molecule has 0 saturated carbocycles. The molecule has 0 saturated heterocycles. The number of anilines is 1. The number of carbonyl (C=O) groups excluding carboxylic acids is 1. The van der Waals surface area contributed by atoms with E-state index in [4.69, 9.17) is 4.74 Å². The van der Waals surface area contributed by atoms with Crippen LogP contribution in [0, 0.1) is 0 Å². The second-order valence-corrected chi connectivity index (χ2v) is 6.25. The predicted molar refractivity (Wildman–Crippen MR) is 106 cm³/mol. The van der Waals surface area contributed by atoms with E-state index in [0.29, 0.717) is 12.1 Å². The minimum atomic E-state index is -0.0653. The van der Waals surface area contributed by atoms with Crippen molar-refractivity contribution < 1.29 is 9.53 Å². The lowest BCUT2D eigenvalue weighted by molar-refractivity contribution is 0.0954. The SMILES string of the molecule is CCCN(CCC)c1cc(C(=O)NCCc2cccc(OC)c2)ccn1. The molecule has 26 heavy (non-hydrogen) atoms. The van der Waals surface area contributed by atoms with Gasteiger partial charge in [0.15, 0.2) is 0 Å². The van der Waals surface area contributed by atoms with Gasteiger partial charge in [0.05, 0.1) is 7.11 Å². The maximum absolute atomic E-state index is 12.5. The molecule has 0 atom stereocenters. The molecule has 0 aliphatic carbocycles. The van der Waals surface area contributed by atoms with Crippen LogP contribution < -0.4 is 15.0 Å². The van der Waals surface area contributed by atoms with Gasteiger partial charge >= 0.3 is 0 Å². The molecule has 5 nitrogen and oxygen atoms in total. The summed E-state index contributed by atoms with van der Waals surface area (Å²) in [6.07, 6.45) is 4.58. The molecule has 1 aromatic carbocycles. The van der Waals surface area contributed by atoms with E-state index in [2.05, 4.69) is 29.0 Å². The van der Waals surface area contributed by atoms with Crippen molar-refractivity contribution in [2.75, 3.05) is 31.6 Å². The standard InChI is InChI=1S/C21H29N3O2/c1-4-13-24(14-5-2)20-16-18(10-12-22-20)21(25)23-11-9-17-7-6-8-19(15-17)26-3/h6-8,10,12,15-16H,4-5,9,11,13-14H2,1-3H3,(H,23,25). The molecular weight excluding hydrogens is 326 g/mol. The number of hydrogen-bond donors (Lipinski definition) is 1. The van der Waals surface area contributed by atoms with Crippen LogP contribution in [0.25, 0.3) is 0 Å². The van der Waals surface area contributed by atoms with Gasteiger partial charge in [-0.15, -0.1) is 0 Å². The molecule has 1 N–H and O–H groups in total. The molecule has 0 unspecified atom stereocenters. The first-order chi connectivity index (χ1) is 12.7. The Morgan fingerprint density at radius 1 is 1.15 bits per heavy atom. The van der Waals surface area contributed by atoms with Crippen molar-refractivity contribution in [1.29, 1.82) is 0 Å². The van der Waals surface area contributed by atoms with Crippen LogP contribution in [-0.2, 0) is 6.42 Å². The minimum absolute atomic E-state index is 0.0653. The van der Waals surface area contributed by atoms with E-state index >= 15 is 0 Å². The Morgan fingerprint density at radius 2 is 1.92 bits per heavy atom. The van der Waals surface area contributed by atoms with Crippen molar-refractivity contribution in [3.63, 3.8) is 0 Å². The van der Waals surface area contributed by atoms with Gasteiger partial charge < -0.3 is 15.0 Å². The van der Waals surface area contributed by atoms with E-state index in [9.17, 15) is 4.79 Å². The third-order valence-corrected chi connectivity index (χ3v) is 4.15. The van der Waals surface area contributed by atoms with Crippen LogP contribution in [0.5, 0.6) is 5.75 Å². The summed E-state index contributed by atoms with van der Waals surface area (Å²) in [6, 6.07) is 11.5. The van der Waals surface area contributed by atoms with Crippen LogP contribution in [0.4, 0.5) is 5.82 Å². The first-order valence-corrected chi connectivity index (χ1v) is 9.30. The highest BCUT2D eigenvalue weighted by molar-refractivity contribution is 5.94. The lowest BCUT2D eigenvalue weighted by atomic mass is 10.1. The number of ether oxygens (including phenoxy) is 1. The number of rotatable bonds is 10. The Bertz CT molecular complexity index is 697. The van der Waals surface area contributed by atoms with Gasteiger partial charge in [0.2, 0.25) is 0 Å². The summed E-state index contributed by atoms with van der Waals surface area (Å²) in [6.45, 7) is 6.77. The smallest absolute Gasteiger partial charge is 0.251 e. The summed E-state index contributed by atoms with van der Waals surface area (Å²) in [5.74, 6) is 1.64. The Hall–Kier alpha value is -2.56. The number of carbonyl (C=O) groups is 1. The molecule has 1 aromatic heterocycles. The van der Waals surface area contributed by atoms with Gasteiger partial charge in [-0.05, 0) is 49.1 Å². The van der Waals surface area contributed by atoms with E-state index in [1.165, 1.54) is 0 Å². The molecule has 2 rings (SSSR count). The number of nitrogens with zero attached hydrogens (tertiary/aromatic N) is 2. The number of nitrogens with one attached hydrogen (secondary N) is 1. The van der Waals surface area contributed by atoms with Crippen LogP contribution in [0.15, 0.2) is 42.6 Å². The molecule has 0 aliphatic heterocycles. The Morgan fingerprint density at radius 3 is 2.62 bits per heavy atom. The van der Waals surface area contributed by atoms with Gasteiger partial charge in [-0.25, -0.2) is 4.98 Å². The van der Waals surface area contributed by atoms with Crippen LogP contribution >= 0.6 is 0 Å². The summed E-state index contributed by atoms with van der Waals surface area (Å²) in [5.41, 5.74) is 1.79. The lowest BCUT2D eigenvalue weighted by Gasteiger charge is -2.22. The van der Waals surface area contributed by atoms with Gasteiger partial charge in [-0.3, -0.25) is 4.79 Å². The molecule has 140 valence electrons. The molecule has 0 spiro atoms. The average molecular weight is 355 g/mol. The summed E-state index contributed by atoms with van der Waals surface area (Å²) in [7, 11) is 1.66. The molecule has 0 bridgehead atoms. The minimum Gasteiger partial charge on any atom is -0.497 e. The highest BCUT2D eigenvalue weighted by Gasteiger charge is 2.11. The first-order valence-electron chi connectivity index (χ1n) is 9.30. The Labute approximate surface area is 156 Å². The zero-order valence-electron chi connectivity index (χ0n) is 16.0. The topological polar surface area (TPSA) is 54.5 Å². The van der Waals surface area contributed by atoms with Gasteiger partial charge in [-0.1, -0.05) is 26.0 Å². The average Bonchev–Trinajstić information content (AvgIpc) is 2.68. The van der Waals surface area contributed by atoms with E-state index < -0.39 is 0 Å². The second-order valence-electron chi connectivity index (χ2n) is 6.25. The van der Waals surface area contributed by atoms with Gasteiger partial charge in [0.1, 0.15) is 11.6 Å². The summed E-state index contributed by atoms with van der Waals surface area (Å²) >= 11 is 0. The number of amides is 1. The van der Waals surface area contributed by atoms with Crippen LogP contribution in [0.3, 0.4) is 0 Å². The van der Waals surface area contributed by atoms with Gasteiger partial charge in [-0.2, -0.15) is 0 Å². The van der Waals surface area contributed by atoms with Crippen LogP contribution in [0.1, 0.15) is 42.6 Å². The number of methoxy groups -OCH3 is 1. The number of aromatic nitrogens is 1. The first kappa shape index (κ1) is 19.8. The van der Waals surface area contributed by atoms with E-state index in [-0.39, 0.29) is 5.91 Å². The van der Waals surface area contributed by atoms with Gasteiger partial charge in [0.25, 0.3) is 5.91 Å². The van der Waals surface area contributed by atoms with E-state index in [1.54, 1.807) is 19.4 Å². The zero-order valence-corrected chi connectivity index (χ0v) is 16.0. The molecule has 0 aliphatic rings. The molecule has 0 radical (unpaired) electrons. The molecule has 2 aromatic rings. The fourth-order valence-corrected chi connectivity index (χ4v) is 2.86. The Kier molecular flexibility index (Phi) is 7.93. The van der Waals surface area contributed by atoms with Crippen molar-refractivity contribution in [3.8, 4) is 5.75 Å². The number of hydrogen-bond acceptors (Lipinski definition) is 4. The van der Waals surface area contributed by atoms with Crippen molar-refractivity contribution >= 4 is 11.7 Å². The Balaban J connectivity index is 1.95. The van der Waals surface area contributed by atoms with E-state index in [0.717, 1.165) is 49.5 Å². The maximum atomic E-state index is 12.5. The van der Waals surface area contributed by atoms with Crippen LogP contribution in [0.2, 0.25) is 0 Å². The lowest BCUT2D eigenvalue weighted by Crippen LogP contribution is -2.28. The summed E-state index contributed by atoms with van der Waals surface area (Å²) in [5, 5.41) is 2.99. The molecule has 1 heterocycles. The molecule has 5 heteroatoms. The molecule has 0 fully saturated rings. The third-order valence-electron chi connectivity index (χ3n) is 4.15. The van der Waals surface area contributed by atoms with Gasteiger partial charge in [0, 0.05) is 31.4 Å². The van der Waals surface area contributed by atoms with E-state index in [1.807, 2.05) is 30.3 Å². The zero-order chi connectivity index (χ0) is 18.8. The fraction of sp³-hybridized carbons (Fsp3) is 0.429. The molecular formula is C21H29N3O2. The van der Waals surface area contributed by atoms with Crippen molar-refractivity contribution in [3.05, 3.63) is 53.7 Å². The van der Waals surface area contributed by atoms with Crippen LogP contribution in [-0.4, -0.2) is 37.6 Å². The highest BCUT2D eigenvalue weighted by atomic mass is 16.5. The maximum Gasteiger partial charge on any atom is 0.251 e. The number of benzene rings is 1. The number of pyridine rings is 1. The fourth-order valence-electron chi connectivity index (χ4n) is 2.86. The van der Waals surface area contributed by atoms with Crippen molar-refractivity contribution in [2.45, 2.75) is 33.1 Å². The summed E-state index contributed by atoms with van der Waals surface area (Å²) in [4.78, 5) is 19.1. The summed E-state index contributed by atoms with van der Waals surface area (Å²) < 4.78 is 5.23. The monoisotopic (exact) mass is 355 g/mol. The predicted octanol–water partition coefficient (Wildman–Crippen LogP) is 3.69. The largest absolute Gasteiger partial charge is 0.497 e. The molecule has 1 amide bonds. The van der Waals surface area contributed by atoms with Crippen molar-refractivity contribution in [1.82, 2.24) is 10.3 Å². The quantitative estimate of drug-likeness (QED) is 0.706. The third kappa shape index (κ3) is 5.76. The normalized spacial score (nSPS) is 10.4. The second kappa shape index (κ2) is 10.4.